The Labute approximate surface area is 133 Å². The molecule has 2 unspecified atom stereocenters. The fraction of sp³-hybridized carbons (Fsp3) is 0.611. The lowest BCUT2D eigenvalue weighted by Crippen LogP contribution is -2.54. The van der Waals surface area contributed by atoms with Crippen molar-refractivity contribution >= 4 is 6.03 Å². The molecule has 2 atom stereocenters. The lowest BCUT2D eigenvalue weighted by atomic mass is 9.87. The van der Waals surface area contributed by atoms with Gasteiger partial charge in [-0.1, -0.05) is 49.6 Å². The molecule has 0 spiro atoms. The Morgan fingerprint density at radius 1 is 1.05 bits per heavy atom. The molecule has 1 aromatic rings. The molecule has 1 aliphatic heterocycles. The molecule has 2 fully saturated rings. The quantitative estimate of drug-likeness (QED) is 0.902. The van der Waals surface area contributed by atoms with Crippen LogP contribution in [-0.4, -0.2) is 36.1 Å². The van der Waals surface area contributed by atoms with E-state index in [1.165, 1.54) is 37.7 Å². The van der Waals surface area contributed by atoms with Gasteiger partial charge in [0.05, 0.1) is 0 Å². The number of carbonyl (C=O) groups excluding carboxylic acids is 1. The van der Waals surface area contributed by atoms with Crippen molar-refractivity contribution in [3.05, 3.63) is 35.9 Å². The predicted octanol–water partition coefficient (Wildman–Crippen LogP) is 2.85. The smallest absolute Gasteiger partial charge is 0.314 e. The highest BCUT2D eigenvalue weighted by molar-refractivity contribution is 5.72. The Bertz CT molecular complexity index is 484. The molecule has 4 nitrogen and oxygen atoms in total. The summed E-state index contributed by atoms with van der Waals surface area (Å²) in [5, 5.41) is 3.79. The van der Waals surface area contributed by atoms with Crippen molar-refractivity contribution in [3.8, 4) is 0 Å². The average molecular weight is 301 g/mol. The maximum Gasteiger partial charge on any atom is 0.314 e. The molecule has 120 valence electrons. The summed E-state index contributed by atoms with van der Waals surface area (Å²) in [4.78, 5) is 13.5. The molecule has 3 N–H and O–H groups in total. The summed E-state index contributed by atoms with van der Waals surface area (Å²) in [7, 11) is 0. The van der Waals surface area contributed by atoms with Gasteiger partial charge in [0.15, 0.2) is 0 Å². The van der Waals surface area contributed by atoms with E-state index in [1.54, 1.807) is 0 Å². The van der Waals surface area contributed by atoms with Crippen LogP contribution >= 0.6 is 0 Å². The highest BCUT2D eigenvalue weighted by atomic mass is 16.2. The molecule has 0 aromatic heterocycles. The predicted molar refractivity (Wildman–Crippen MR) is 88.8 cm³/mol. The Balaban J connectivity index is 1.68. The Morgan fingerprint density at radius 3 is 2.45 bits per heavy atom. The minimum absolute atomic E-state index is 0.295. The molecular formula is C18H27N3O. The van der Waals surface area contributed by atoms with Gasteiger partial charge >= 0.3 is 6.03 Å². The van der Waals surface area contributed by atoms with Crippen LogP contribution in [0.15, 0.2) is 30.3 Å². The zero-order valence-corrected chi connectivity index (χ0v) is 13.2. The number of nitrogens with one attached hydrogen (secondary N) is 1. The van der Waals surface area contributed by atoms with Crippen LogP contribution in [0.1, 0.15) is 50.0 Å². The van der Waals surface area contributed by atoms with Crippen molar-refractivity contribution in [2.45, 2.75) is 56.5 Å². The number of likely N-dealkylation sites (tertiary alicyclic amines) is 1. The molecule has 1 heterocycles. The molecule has 4 heteroatoms. The molecular weight excluding hydrogens is 274 g/mol. The van der Waals surface area contributed by atoms with Crippen molar-refractivity contribution in [1.82, 2.24) is 10.2 Å². The highest BCUT2D eigenvalue weighted by Crippen LogP contribution is 2.28. The molecule has 0 bridgehead atoms. The van der Waals surface area contributed by atoms with Crippen LogP contribution in [0.5, 0.6) is 0 Å². The Kier molecular flexibility index (Phi) is 4.98. The largest absolute Gasteiger partial charge is 0.351 e. The minimum Gasteiger partial charge on any atom is -0.351 e. The molecule has 1 aliphatic carbocycles. The summed E-state index contributed by atoms with van der Waals surface area (Å²) >= 11 is 0. The van der Waals surface area contributed by atoms with Gasteiger partial charge in [-0.2, -0.15) is 0 Å². The van der Waals surface area contributed by atoms with Gasteiger partial charge in [-0.25, -0.2) is 4.79 Å². The van der Waals surface area contributed by atoms with Gasteiger partial charge in [0.25, 0.3) is 0 Å². The van der Waals surface area contributed by atoms with Crippen molar-refractivity contribution in [3.63, 3.8) is 0 Å². The summed E-state index contributed by atoms with van der Waals surface area (Å²) in [6.45, 7) is 1.48. The minimum atomic E-state index is -0.295. The van der Waals surface area contributed by atoms with E-state index < -0.39 is 0 Å². The van der Waals surface area contributed by atoms with Crippen LogP contribution in [0.2, 0.25) is 0 Å². The second-order valence-electron chi connectivity index (χ2n) is 6.79. The van der Waals surface area contributed by atoms with Crippen LogP contribution in [0, 0.1) is 0 Å². The summed E-state index contributed by atoms with van der Waals surface area (Å²) < 4.78 is 0. The molecule has 2 aliphatic rings. The van der Waals surface area contributed by atoms with Gasteiger partial charge in [0, 0.05) is 31.1 Å². The third-order valence-electron chi connectivity index (χ3n) is 5.11. The molecule has 0 radical (unpaired) electrons. The van der Waals surface area contributed by atoms with E-state index in [0.29, 0.717) is 18.0 Å². The van der Waals surface area contributed by atoms with Crippen LogP contribution in [0.25, 0.3) is 0 Å². The standard InChI is InChI=1S/C18H27N3O/c19-18(22)21-12-15(14-7-3-1-4-8-14)11-17(13-21)20-16-9-5-2-6-10-16/h1,3-4,7-8,15-17,20H,2,5-6,9-13H2,(H2,19,22). The number of benzene rings is 1. The average Bonchev–Trinajstić information content (AvgIpc) is 2.56. The summed E-state index contributed by atoms with van der Waals surface area (Å²) in [5.41, 5.74) is 6.87. The number of rotatable bonds is 3. The first kappa shape index (κ1) is 15.3. The van der Waals surface area contributed by atoms with Gasteiger partial charge in [-0.05, 0) is 24.8 Å². The van der Waals surface area contributed by atoms with Gasteiger partial charge in [0.1, 0.15) is 0 Å². The number of nitrogens with two attached hydrogens (primary N) is 1. The first-order valence-electron chi connectivity index (χ1n) is 8.58. The van der Waals surface area contributed by atoms with Crippen LogP contribution in [0.3, 0.4) is 0 Å². The first-order valence-corrected chi connectivity index (χ1v) is 8.58. The maximum absolute atomic E-state index is 11.7. The molecule has 22 heavy (non-hydrogen) atoms. The fourth-order valence-electron chi connectivity index (χ4n) is 3.97. The van der Waals surface area contributed by atoms with Crippen molar-refractivity contribution in [2.75, 3.05) is 13.1 Å². The number of urea groups is 1. The normalized spacial score (nSPS) is 26.8. The van der Waals surface area contributed by atoms with E-state index in [4.69, 9.17) is 5.73 Å². The zero-order valence-electron chi connectivity index (χ0n) is 13.2. The Hall–Kier alpha value is -1.55. The van der Waals surface area contributed by atoms with Crippen LogP contribution in [-0.2, 0) is 0 Å². The van der Waals surface area contributed by atoms with E-state index in [2.05, 4.69) is 29.6 Å². The van der Waals surface area contributed by atoms with Gasteiger partial charge in [0.2, 0.25) is 0 Å². The SMILES string of the molecule is NC(=O)N1CC(NC2CCCCC2)CC(c2ccccc2)C1. The van der Waals surface area contributed by atoms with Crippen LogP contribution in [0.4, 0.5) is 4.79 Å². The topological polar surface area (TPSA) is 58.4 Å². The number of nitrogens with zero attached hydrogens (tertiary/aromatic N) is 1. The van der Waals surface area contributed by atoms with Crippen molar-refractivity contribution in [1.29, 1.82) is 0 Å². The number of hydrogen-bond acceptors (Lipinski definition) is 2. The van der Waals surface area contributed by atoms with E-state index >= 15 is 0 Å². The molecule has 2 amide bonds. The second-order valence-corrected chi connectivity index (χ2v) is 6.79. The number of amides is 2. The van der Waals surface area contributed by atoms with E-state index in [9.17, 15) is 4.79 Å². The maximum atomic E-state index is 11.7. The van der Waals surface area contributed by atoms with E-state index in [-0.39, 0.29) is 6.03 Å². The molecule has 3 rings (SSSR count). The third-order valence-corrected chi connectivity index (χ3v) is 5.11. The number of primary amides is 1. The van der Waals surface area contributed by atoms with Gasteiger partial charge in [-0.15, -0.1) is 0 Å². The van der Waals surface area contributed by atoms with Crippen molar-refractivity contribution < 1.29 is 4.79 Å². The summed E-state index contributed by atoms with van der Waals surface area (Å²) in [6, 6.07) is 11.2. The lowest BCUT2D eigenvalue weighted by molar-refractivity contribution is 0.164. The number of carbonyl (C=O) groups is 1. The summed E-state index contributed by atoms with van der Waals surface area (Å²) in [5.74, 6) is 0.378. The van der Waals surface area contributed by atoms with Gasteiger partial charge < -0.3 is 16.0 Å². The monoisotopic (exact) mass is 301 g/mol. The van der Waals surface area contributed by atoms with E-state index in [0.717, 1.165) is 19.5 Å². The zero-order chi connectivity index (χ0) is 15.4. The molecule has 1 aromatic carbocycles. The molecule has 1 saturated carbocycles. The number of piperidine rings is 1. The molecule has 1 saturated heterocycles. The Morgan fingerprint density at radius 2 is 1.77 bits per heavy atom. The number of hydrogen-bond donors (Lipinski definition) is 2. The van der Waals surface area contributed by atoms with E-state index in [1.807, 2.05) is 11.0 Å². The van der Waals surface area contributed by atoms with Gasteiger partial charge in [-0.3, -0.25) is 0 Å². The highest BCUT2D eigenvalue weighted by Gasteiger charge is 2.31. The van der Waals surface area contributed by atoms with Crippen molar-refractivity contribution in [2.24, 2.45) is 5.73 Å². The lowest BCUT2D eigenvalue weighted by Gasteiger charge is -2.39. The first-order chi connectivity index (χ1) is 10.7. The summed E-state index contributed by atoms with van der Waals surface area (Å²) in [6.07, 6.45) is 7.64. The third kappa shape index (κ3) is 3.80. The second kappa shape index (κ2) is 7.14. The van der Waals surface area contributed by atoms with Crippen LogP contribution < -0.4 is 11.1 Å². The fourth-order valence-corrected chi connectivity index (χ4v) is 3.97.